The van der Waals surface area contributed by atoms with Gasteiger partial charge in [-0.3, -0.25) is 0 Å². The Bertz CT molecular complexity index is 967. The summed E-state index contributed by atoms with van der Waals surface area (Å²) in [5.74, 6) is 2.54. The number of oxime groups is 1. The summed E-state index contributed by atoms with van der Waals surface area (Å²) in [6, 6.07) is 22.2. The normalized spacial score (nSPS) is 14.6. The molecule has 1 saturated heterocycles. The van der Waals surface area contributed by atoms with Crippen LogP contribution in [0.5, 0.6) is 5.75 Å². The minimum absolute atomic E-state index is 0.574. The summed E-state index contributed by atoms with van der Waals surface area (Å²) in [5, 5.41) is 12.8. The predicted molar refractivity (Wildman–Crippen MR) is 128 cm³/mol. The first-order valence-electron chi connectivity index (χ1n) is 11.3. The van der Waals surface area contributed by atoms with E-state index in [1.807, 2.05) is 49.4 Å². The van der Waals surface area contributed by atoms with Crippen LogP contribution >= 0.6 is 0 Å². The van der Waals surface area contributed by atoms with Gasteiger partial charge in [0.25, 0.3) is 0 Å². The Hall–Kier alpha value is -3.41. The average Bonchev–Trinajstić information content (AvgIpc) is 2.86. The van der Waals surface area contributed by atoms with Gasteiger partial charge in [-0.05, 0) is 74.1 Å². The highest BCUT2D eigenvalue weighted by Gasteiger charge is 2.20. The van der Waals surface area contributed by atoms with E-state index in [-0.39, 0.29) is 0 Å². The molecule has 0 N–H and O–H groups in total. The van der Waals surface area contributed by atoms with Crippen molar-refractivity contribution in [3.63, 3.8) is 0 Å². The zero-order chi connectivity index (χ0) is 22.0. The topological polar surface area (TPSA) is 59.8 Å². The Labute approximate surface area is 189 Å². The summed E-state index contributed by atoms with van der Waals surface area (Å²) >= 11 is 0. The summed E-state index contributed by atoms with van der Waals surface area (Å²) < 4.78 is 5.94. The van der Waals surface area contributed by atoms with Gasteiger partial charge in [0.2, 0.25) is 0 Å². The quantitative estimate of drug-likeness (QED) is 0.345. The SMILES string of the molecule is CCO/N=C/c1ccc(OCCC2CCN(c3ccc(-c4ccccc4)nn3)CC2)cc1. The van der Waals surface area contributed by atoms with Crippen molar-refractivity contribution in [3.05, 3.63) is 72.3 Å². The van der Waals surface area contributed by atoms with E-state index < -0.39 is 0 Å². The number of aromatic nitrogens is 2. The van der Waals surface area contributed by atoms with E-state index in [1.54, 1.807) is 6.21 Å². The highest BCUT2D eigenvalue weighted by atomic mass is 16.6. The molecule has 166 valence electrons. The van der Waals surface area contributed by atoms with E-state index in [2.05, 4.69) is 44.5 Å². The second kappa shape index (κ2) is 11.3. The number of hydrogen-bond acceptors (Lipinski definition) is 6. The van der Waals surface area contributed by atoms with E-state index in [1.165, 1.54) is 0 Å². The van der Waals surface area contributed by atoms with Gasteiger partial charge in [0.05, 0.1) is 18.5 Å². The van der Waals surface area contributed by atoms with Crippen molar-refractivity contribution in [2.45, 2.75) is 26.2 Å². The van der Waals surface area contributed by atoms with Crippen LogP contribution in [-0.2, 0) is 4.84 Å². The molecule has 2 heterocycles. The molecule has 6 nitrogen and oxygen atoms in total. The Kier molecular flexibility index (Phi) is 7.69. The highest BCUT2D eigenvalue weighted by Crippen LogP contribution is 2.25. The molecule has 1 aromatic heterocycles. The molecule has 1 aliphatic rings. The number of piperidine rings is 1. The molecule has 1 fully saturated rings. The third-order valence-electron chi connectivity index (χ3n) is 5.74. The Morgan fingerprint density at radius 3 is 2.44 bits per heavy atom. The van der Waals surface area contributed by atoms with Crippen LogP contribution in [0.2, 0.25) is 0 Å². The van der Waals surface area contributed by atoms with Crippen LogP contribution in [0, 0.1) is 5.92 Å². The van der Waals surface area contributed by atoms with Gasteiger partial charge in [-0.2, -0.15) is 0 Å². The summed E-state index contributed by atoms with van der Waals surface area (Å²) in [6.07, 6.45) is 5.08. The van der Waals surface area contributed by atoms with Gasteiger partial charge < -0.3 is 14.5 Å². The van der Waals surface area contributed by atoms with Gasteiger partial charge >= 0.3 is 0 Å². The van der Waals surface area contributed by atoms with Crippen molar-refractivity contribution >= 4 is 12.0 Å². The van der Waals surface area contributed by atoms with E-state index in [4.69, 9.17) is 9.57 Å². The maximum Gasteiger partial charge on any atom is 0.151 e. The molecular weight excluding hydrogens is 400 g/mol. The monoisotopic (exact) mass is 430 g/mol. The van der Waals surface area contributed by atoms with Gasteiger partial charge in [0, 0.05) is 18.7 Å². The highest BCUT2D eigenvalue weighted by molar-refractivity contribution is 5.79. The minimum Gasteiger partial charge on any atom is -0.494 e. The standard InChI is InChI=1S/C26H30N4O2/c1-2-32-27-20-22-8-10-24(11-9-22)31-19-16-21-14-17-30(18-15-21)26-13-12-25(28-29-26)23-6-4-3-5-7-23/h3-13,20-21H,2,14-19H2,1H3/b27-20+. The van der Waals surface area contributed by atoms with Crippen molar-refractivity contribution < 1.29 is 9.57 Å². The molecule has 0 amide bonds. The van der Waals surface area contributed by atoms with Gasteiger partial charge in [0.1, 0.15) is 12.4 Å². The minimum atomic E-state index is 0.574. The van der Waals surface area contributed by atoms with Crippen LogP contribution in [0.1, 0.15) is 31.7 Å². The molecule has 0 radical (unpaired) electrons. The molecule has 0 bridgehead atoms. The molecule has 32 heavy (non-hydrogen) atoms. The molecular formula is C26H30N4O2. The Morgan fingerprint density at radius 2 is 1.75 bits per heavy atom. The Balaban J connectivity index is 1.19. The number of hydrogen-bond donors (Lipinski definition) is 0. The van der Waals surface area contributed by atoms with Crippen LogP contribution in [0.25, 0.3) is 11.3 Å². The van der Waals surface area contributed by atoms with E-state index in [0.29, 0.717) is 12.5 Å². The lowest BCUT2D eigenvalue weighted by atomic mass is 9.94. The number of ether oxygens (including phenoxy) is 1. The second-order valence-corrected chi connectivity index (χ2v) is 7.93. The van der Waals surface area contributed by atoms with Crippen LogP contribution < -0.4 is 9.64 Å². The molecule has 0 spiro atoms. The number of anilines is 1. The zero-order valence-corrected chi connectivity index (χ0v) is 18.6. The fourth-order valence-corrected chi connectivity index (χ4v) is 3.87. The fourth-order valence-electron chi connectivity index (χ4n) is 3.87. The molecule has 1 aliphatic heterocycles. The fraction of sp³-hybridized carbons (Fsp3) is 0.346. The van der Waals surface area contributed by atoms with E-state index >= 15 is 0 Å². The summed E-state index contributed by atoms with van der Waals surface area (Å²) in [5.41, 5.74) is 3.01. The lowest BCUT2D eigenvalue weighted by molar-refractivity contribution is 0.160. The first-order chi connectivity index (χ1) is 15.8. The van der Waals surface area contributed by atoms with Crippen molar-refractivity contribution in [1.29, 1.82) is 0 Å². The summed E-state index contributed by atoms with van der Waals surface area (Å²) in [6.45, 7) is 5.25. The third-order valence-corrected chi connectivity index (χ3v) is 5.74. The average molecular weight is 431 g/mol. The molecule has 4 rings (SSSR count). The largest absolute Gasteiger partial charge is 0.494 e. The number of rotatable bonds is 9. The van der Waals surface area contributed by atoms with E-state index in [9.17, 15) is 0 Å². The van der Waals surface area contributed by atoms with Gasteiger partial charge in [-0.25, -0.2) is 0 Å². The summed E-state index contributed by atoms with van der Waals surface area (Å²) in [4.78, 5) is 7.32. The Morgan fingerprint density at radius 1 is 0.969 bits per heavy atom. The molecule has 6 heteroatoms. The third kappa shape index (κ3) is 6.06. The predicted octanol–water partition coefficient (Wildman–Crippen LogP) is 5.20. The lowest BCUT2D eigenvalue weighted by Gasteiger charge is -2.32. The molecule has 0 unspecified atom stereocenters. The maximum absolute atomic E-state index is 5.94. The molecule has 0 saturated carbocycles. The first-order valence-corrected chi connectivity index (χ1v) is 11.3. The molecule has 2 aromatic carbocycles. The van der Waals surface area contributed by atoms with Gasteiger partial charge in [-0.1, -0.05) is 35.5 Å². The van der Waals surface area contributed by atoms with Crippen LogP contribution in [0.4, 0.5) is 5.82 Å². The molecule has 0 atom stereocenters. The lowest BCUT2D eigenvalue weighted by Crippen LogP contribution is -2.34. The van der Waals surface area contributed by atoms with Crippen LogP contribution in [0.15, 0.2) is 71.9 Å². The number of benzene rings is 2. The van der Waals surface area contributed by atoms with Crippen molar-refractivity contribution in [2.24, 2.45) is 11.1 Å². The number of nitrogens with zero attached hydrogens (tertiary/aromatic N) is 4. The van der Waals surface area contributed by atoms with E-state index in [0.717, 1.165) is 67.3 Å². The first kappa shape index (κ1) is 21.8. The maximum atomic E-state index is 5.94. The second-order valence-electron chi connectivity index (χ2n) is 7.93. The van der Waals surface area contributed by atoms with Gasteiger partial charge in [0.15, 0.2) is 5.82 Å². The smallest absolute Gasteiger partial charge is 0.151 e. The van der Waals surface area contributed by atoms with Crippen molar-refractivity contribution in [2.75, 3.05) is 31.2 Å². The van der Waals surface area contributed by atoms with Crippen LogP contribution in [-0.4, -0.2) is 42.7 Å². The van der Waals surface area contributed by atoms with Crippen molar-refractivity contribution in [1.82, 2.24) is 10.2 Å². The molecule has 3 aromatic rings. The van der Waals surface area contributed by atoms with Crippen LogP contribution in [0.3, 0.4) is 0 Å². The zero-order valence-electron chi connectivity index (χ0n) is 18.6. The summed E-state index contributed by atoms with van der Waals surface area (Å²) in [7, 11) is 0. The molecule has 0 aliphatic carbocycles. The van der Waals surface area contributed by atoms with Gasteiger partial charge in [-0.15, -0.1) is 10.2 Å². The van der Waals surface area contributed by atoms with Crippen molar-refractivity contribution in [3.8, 4) is 17.0 Å².